The van der Waals surface area contributed by atoms with Crippen LogP contribution in [0.15, 0.2) is 24.3 Å². The molecule has 98 valence electrons. The molecule has 0 atom stereocenters. The third-order valence-corrected chi connectivity index (χ3v) is 2.18. The number of benzene rings is 1. The minimum absolute atomic E-state index is 0.0882. The van der Waals surface area contributed by atoms with Crippen LogP contribution in [0.1, 0.15) is 44.0 Å². The number of nitrogen functional groups attached to an aromatic ring is 1. The third-order valence-electron chi connectivity index (χ3n) is 2.18. The maximum Gasteiger partial charge on any atom is 0.306 e. The summed E-state index contributed by atoms with van der Waals surface area (Å²) in [6.07, 6.45) is 0.225. The molecule has 2 N–H and O–H groups in total. The number of carbonyl (C=O) groups excluding carboxylic acids is 2. The van der Waals surface area contributed by atoms with E-state index in [1.807, 2.05) is 0 Å². The molecule has 0 bridgehead atoms. The second kappa shape index (κ2) is 5.67. The molecule has 0 radical (unpaired) electrons. The summed E-state index contributed by atoms with van der Waals surface area (Å²) >= 11 is 0. The Morgan fingerprint density at radius 2 is 1.89 bits per heavy atom. The molecular weight excluding hydrogens is 230 g/mol. The summed E-state index contributed by atoms with van der Waals surface area (Å²) in [5.74, 6) is -0.465. The van der Waals surface area contributed by atoms with E-state index in [0.29, 0.717) is 11.3 Å². The molecule has 0 heterocycles. The molecule has 1 aromatic rings. The predicted molar refractivity (Wildman–Crippen MR) is 70.3 cm³/mol. The molecule has 4 heteroatoms. The van der Waals surface area contributed by atoms with E-state index < -0.39 is 5.60 Å². The van der Waals surface area contributed by atoms with Crippen molar-refractivity contribution in [3.63, 3.8) is 0 Å². The average molecular weight is 249 g/mol. The van der Waals surface area contributed by atoms with E-state index in [-0.39, 0.29) is 24.6 Å². The van der Waals surface area contributed by atoms with Gasteiger partial charge in [-0.05, 0) is 32.9 Å². The Hall–Kier alpha value is -1.84. The molecule has 0 unspecified atom stereocenters. The molecule has 4 nitrogen and oxygen atoms in total. The lowest BCUT2D eigenvalue weighted by Crippen LogP contribution is -2.24. The highest BCUT2D eigenvalue weighted by Crippen LogP contribution is 2.13. The minimum atomic E-state index is -0.517. The van der Waals surface area contributed by atoms with Gasteiger partial charge in [0.15, 0.2) is 5.78 Å². The van der Waals surface area contributed by atoms with Gasteiger partial charge in [0.05, 0.1) is 6.42 Å². The smallest absolute Gasteiger partial charge is 0.306 e. The van der Waals surface area contributed by atoms with Gasteiger partial charge in [0.25, 0.3) is 0 Å². The first-order chi connectivity index (χ1) is 8.28. The van der Waals surface area contributed by atoms with E-state index in [1.165, 1.54) is 0 Å². The highest BCUT2D eigenvalue weighted by Gasteiger charge is 2.17. The molecular formula is C14H19NO3. The van der Waals surface area contributed by atoms with Gasteiger partial charge in [0.1, 0.15) is 5.60 Å². The third kappa shape index (κ3) is 4.99. The Bertz CT molecular complexity index is 447. The van der Waals surface area contributed by atoms with Gasteiger partial charge in [-0.25, -0.2) is 0 Å². The van der Waals surface area contributed by atoms with Crippen LogP contribution >= 0.6 is 0 Å². The Balaban J connectivity index is 2.49. The summed E-state index contributed by atoms with van der Waals surface area (Å²) in [7, 11) is 0. The van der Waals surface area contributed by atoms with E-state index in [9.17, 15) is 9.59 Å². The lowest BCUT2D eigenvalue weighted by molar-refractivity contribution is -0.154. The molecule has 0 fully saturated rings. The maximum atomic E-state index is 11.8. The molecule has 1 aromatic carbocycles. The molecule has 18 heavy (non-hydrogen) atoms. The summed E-state index contributed by atoms with van der Waals surface area (Å²) in [6, 6.07) is 6.73. The Morgan fingerprint density at radius 1 is 1.22 bits per heavy atom. The van der Waals surface area contributed by atoms with Crippen molar-refractivity contribution in [3.05, 3.63) is 29.8 Å². The van der Waals surface area contributed by atoms with Crippen molar-refractivity contribution in [3.8, 4) is 0 Å². The summed E-state index contributed by atoms with van der Waals surface area (Å²) in [5.41, 5.74) is 6.14. The number of anilines is 1. The summed E-state index contributed by atoms with van der Waals surface area (Å²) in [6.45, 7) is 5.39. The van der Waals surface area contributed by atoms with Crippen molar-refractivity contribution in [1.82, 2.24) is 0 Å². The maximum absolute atomic E-state index is 11.8. The molecule has 0 aliphatic rings. The standard InChI is InChI=1S/C14H19NO3/c1-14(2,3)18-13(17)8-7-12(16)10-5-4-6-11(15)9-10/h4-6,9H,7-8,15H2,1-3H3. The van der Waals surface area contributed by atoms with Gasteiger partial charge in [-0.15, -0.1) is 0 Å². The van der Waals surface area contributed by atoms with Crippen molar-refractivity contribution in [2.45, 2.75) is 39.2 Å². The van der Waals surface area contributed by atoms with Crippen LogP contribution in [0, 0.1) is 0 Å². The van der Waals surface area contributed by atoms with E-state index >= 15 is 0 Å². The number of hydrogen-bond donors (Lipinski definition) is 1. The largest absolute Gasteiger partial charge is 0.460 e. The highest BCUT2D eigenvalue weighted by atomic mass is 16.6. The zero-order valence-electron chi connectivity index (χ0n) is 11.0. The quantitative estimate of drug-likeness (QED) is 0.506. The minimum Gasteiger partial charge on any atom is -0.460 e. The van der Waals surface area contributed by atoms with Crippen LogP contribution in [0.25, 0.3) is 0 Å². The Kier molecular flexibility index (Phi) is 4.48. The first kappa shape index (κ1) is 14.2. The second-order valence-corrected chi connectivity index (χ2v) is 5.14. The summed E-state index contributed by atoms with van der Waals surface area (Å²) in [4.78, 5) is 23.3. The fourth-order valence-corrected chi connectivity index (χ4v) is 1.46. The Morgan fingerprint density at radius 3 is 2.44 bits per heavy atom. The molecule has 0 aliphatic heterocycles. The van der Waals surface area contributed by atoms with Crippen LogP contribution in [0.4, 0.5) is 5.69 Å². The molecule has 0 aliphatic carbocycles. The SMILES string of the molecule is CC(C)(C)OC(=O)CCC(=O)c1cccc(N)c1. The van der Waals surface area contributed by atoms with Crippen molar-refractivity contribution >= 4 is 17.4 Å². The normalized spacial score (nSPS) is 11.1. The van der Waals surface area contributed by atoms with Crippen molar-refractivity contribution in [2.75, 3.05) is 5.73 Å². The average Bonchev–Trinajstić information content (AvgIpc) is 2.23. The molecule has 0 amide bonds. The van der Waals surface area contributed by atoms with Crippen molar-refractivity contribution in [1.29, 1.82) is 0 Å². The zero-order chi connectivity index (χ0) is 13.8. The molecule has 0 spiro atoms. The van der Waals surface area contributed by atoms with Crippen LogP contribution in [0.3, 0.4) is 0 Å². The van der Waals surface area contributed by atoms with Gasteiger partial charge in [-0.2, -0.15) is 0 Å². The van der Waals surface area contributed by atoms with Gasteiger partial charge in [-0.3, -0.25) is 9.59 Å². The van der Waals surface area contributed by atoms with E-state index in [4.69, 9.17) is 10.5 Å². The van der Waals surface area contributed by atoms with Crippen LogP contribution in [-0.4, -0.2) is 17.4 Å². The number of Topliss-reactive ketones (excluding diaryl/α,β-unsaturated/α-hetero) is 1. The number of nitrogens with two attached hydrogens (primary N) is 1. The van der Waals surface area contributed by atoms with Gasteiger partial charge in [0.2, 0.25) is 0 Å². The predicted octanol–water partition coefficient (Wildman–Crippen LogP) is 2.57. The molecule has 0 saturated carbocycles. The van der Waals surface area contributed by atoms with Gasteiger partial charge in [0, 0.05) is 17.7 Å². The number of rotatable bonds is 4. The van der Waals surface area contributed by atoms with Crippen LogP contribution in [0.5, 0.6) is 0 Å². The van der Waals surface area contributed by atoms with Gasteiger partial charge in [-0.1, -0.05) is 12.1 Å². The summed E-state index contributed by atoms with van der Waals surface area (Å²) < 4.78 is 5.13. The Labute approximate surface area is 107 Å². The number of hydrogen-bond acceptors (Lipinski definition) is 4. The lowest BCUT2D eigenvalue weighted by Gasteiger charge is -2.19. The van der Waals surface area contributed by atoms with E-state index in [2.05, 4.69) is 0 Å². The molecule has 0 saturated heterocycles. The molecule has 0 aromatic heterocycles. The topological polar surface area (TPSA) is 69.4 Å². The fourth-order valence-electron chi connectivity index (χ4n) is 1.46. The van der Waals surface area contributed by atoms with Crippen LogP contribution in [0.2, 0.25) is 0 Å². The van der Waals surface area contributed by atoms with Crippen molar-refractivity contribution < 1.29 is 14.3 Å². The fraction of sp³-hybridized carbons (Fsp3) is 0.429. The van der Waals surface area contributed by atoms with Crippen LogP contribution in [-0.2, 0) is 9.53 Å². The first-order valence-electron chi connectivity index (χ1n) is 5.88. The second-order valence-electron chi connectivity index (χ2n) is 5.14. The first-order valence-corrected chi connectivity index (χ1v) is 5.88. The number of ether oxygens (including phenoxy) is 1. The van der Waals surface area contributed by atoms with Crippen molar-refractivity contribution in [2.24, 2.45) is 0 Å². The lowest BCUT2D eigenvalue weighted by atomic mass is 10.1. The number of esters is 1. The molecule has 1 rings (SSSR count). The highest BCUT2D eigenvalue weighted by molar-refractivity contribution is 5.98. The van der Waals surface area contributed by atoms with E-state index in [0.717, 1.165) is 0 Å². The van der Waals surface area contributed by atoms with Gasteiger partial charge < -0.3 is 10.5 Å². The number of ketones is 1. The zero-order valence-corrected chi connectivity index (χ0v) is 11.0. The van der Waals surface area contributed by atoms with Crippen LogP contribution < -0.4 is 5.73 Å². The summed E-state index contributed by atoms with van der Waals surface area (Å²) in [5, 5.41) is 0. The monoisotopic (exact) mass is 249 g/mol. The van der Waals surface area contributed by atoms with E-state index in [1.54, 1.807) is 45.0 Å². The van der Waals surface area contributed by atoms with Gasteiger partial charge >= 0.3 is 5.97 Å². The number of carbonyl (C=O) groups is 2.